The van der Waals surface area contributed by atoms with Gasteiger partial charge in [0.1, 0.15) is 5.82 Å². The van der Waals surface area contributed by atoms with Gasteiger partial charge in [-0.2, -0.15) is 0 Å². The monoisotopic (exact) mass is 329 g/mol. The third-order valence-electron chi connectivity index (χ3n) is 3.63. The van der Waals surface area contributed by atoms with E-state index in [1.807, 2.05) is 0 Å². The van der Waals surface area contributed by atoms with Gasteiger partial charge in [-0.05, 0) is 25.0 Å². The molecule has 0 spiro atoms. The minimum Gasteiger partial charge on any atom is -0.355 e. The topological polar surface area (TPSA) is 75.4 Å². The minimum absolute atomic E-state index is 0. The van der Waals surface area contributed by atoms with Gasteiger partial charge in [-0.25, -0.2) is 4.39 Å². The number of hydrogen-bond donors (Lipinski definition) is 2. The van der Waals surface area contributed by atoms with Gasteiger partial charge in [-0.3, -0.25) is 9.59 Å². The predicted octanol–water partition coefficient (Wildman–Crippen LogP) is 1.17. The number of nitrogens with two attached hydrogens (primary N) is 1. The van der Waals surface area contributed by atoms with Crippen molar-refractivity contribution in [3.05, 3.63) is 35.6 Å². The number of hydrogen-bond acceptors (Lipinski definition) is 3. The Labute approximate surface area is 135 Å². The van der Waals surface area contributed by atoms with Gasteiger partial charge >= 0.3 is 0 Å². The lowest BCUT2D eigenvalue weighted by molar-refractivity contribution is -0.126. The van der Waals surface area contributed by atoms with Crippen LogP contribution < -0.4 is 11.1 Å². The average Bonchev–Trinajstić information content (AvgIpc) is 2.52. The molecule has 1 fully saturated rings. The number of rotatable bonds is 4. The van der Waals surface area contributed by atoms with Gasteiger partial charge in [0.25, 0.3) is 5.91 Å². The molecule has 1 atom stereocenters. The zero-order valence-electron chi connectivity index (χ0n) is 12.3. The Morgan fingerprint density at radius 2 is 2.09 bits per heavy atom. The molecule has 2 rings (SSSR count). The van der Waals surface area contributed by atoms with E-state index in [2.05, 4.69) is 5.32 Å². The van der Waals surface area contributed by atoms with Crippen LogP contribution in [0, 0.1) is 11.7 Å². The zero-order valence-corrected chi connectivity index (χ0v) is 13.1. The zero-order chi connectivity index (χ0) is 15.2. The van der Waals surface area contributed by atoms with Crippen molar-refractivity contribution in [1.29, 1.82) is 0 Å². The first-order valence-corrected chi connectivity index (χ1v) is 7.15. The fraction of sp³-hybridized carbons (Fsp3) is 0.467. The molecule has 0 bridgehead atoms. The van der Waals surface area contributed by atoms with Crippen LogP contribution in [0.4, 0.5) is 4.39 Å². The molecule has 1 heterocycles. The van der Waals surface area contributed by atoms with Crippen LogP contribution >= 0.6 is 12.4 Å². The summed E-state index contributed by atoms with van der Waals surface area (Å²) < 4.78 is 13.7. The van der Waals surface area contributed by atoms with Gasteiger partial charge in [-0.1, -0.05) is 12.1 Å². The number of amides is 2. The van der Waals surface area contributed by atoms with Crippen LogP contribution in [-0.2, 0) is 4.79 Å². The quantitative estimate of drug-likeness (QED) is 0.871. The van der Waals surface area contributed by atoms with Crippen molar-refractivity contribution in [3.8, 4) is 0 Å². The van der Waals surface area contributed by atoms with Crippen LogP contribution in [0.1, 0.15) is 23.2 Å². The van der Waals surface area contributed by atoms with Crippen LogP contribution in [0.15, 0.2) is 24.3 Å². The van der Waals surface area contributed by atoms with Gasteiger partial charge in [0.2, 0.25) is 5.91 Å². The molecule has 1 aromatic rings. The maximum atomic E-state index is 13.7. The normalized spacial score (nSPS) is 17.5. The molecule has 3 N–H and O–H groups in total. The summed E-state index contributed by atoms with van der Waals surface area (Å²) >= 11 is 0. The Morgan fingerprint density at radius 3 is 2.77 bits per heavy atom. The highest BCUT2D eigenvalue weighted by atomic mass is 35.5. The highest BCUT2D eigenvalue weighted by Gasteiger charge is 2.29. The fourth-order valence-corrected chi connectivity index (χ4v) is 2.52. The Hall–Kier alpha value is -1.66. The molecule has 0 aromatic heterocycles. The molecule has 1 unspecified atom stereocenters. The fourth-order valence-electron chi connectivity index (χ4n) is 2.52. The highest BCUT2D eigenvalue weighted by Crippen LogP contribution is 2.19. The molecule has 1 aliphatic heterocycles. The number of likely N-dealkylation sites (tertiary alicyclic amines) is 1. The number of piperidine rings is 1. The summed E-state index contributed by atoms with van der Waals surface area (Å²) in [7, 11) is 0. The maximum Gasteiger partial charge on any atom is 0.256 e. The number of nitrogens with one attached hydrogen (secondary N) is 1. The second kappa shape index (κ2) is 8.70. The van der Waals surface area contributed by atoms with Gasteiger partial charge in [-0.15, -0.1) is 12.4 Å². The first-order chi connectivity index (χ1) is 10.1. The second-order valence-corrected chi connectivity index (χ2v) is 5.15. The van der Waals surface area contributed by atoms with Crippen molar-refractivity contribution in [2.75, 3.05) is 26.2 Å². The van der Waals surface area contributed by atoms with Crippen LogP contribution in [0.25, 0.3) is 0 Å². The molecule has 7 heteroatoms. The van der Waals surface area contributed by atoms with Crippen molar-refractivity contribution in [3.63, 3.8) is 0 Å². The number of carbonyl (C=O) groups is 2. The van der Waals surface area contributed by atoms with E-state index in [-0.39, 0.29) is 35.7 Å². The highest BCUT2D eigenvalue weighted by molar-refractivity contribution is 5.95. The minimum atomic E-state index is -0.530. The lowest BCUT2D eigenvalue weighted by Gasteiger charge is -2.32. The molecule has 0 aliphatic carbocycles. The summed E-state index contributed by atoms with van der Waals surface area (Å²) in [5.41, 5.74) is 5.41. The molecule has 0 saturated carbocycles. The van der Waals surface area contributed by atoms with E-state index in [0.717, 1.165) is 12.8 Å². The van der Waals surface area contributed by atoms with Crippen molar-refractivity contribution in [2.24, 2.45) is 11.7 Å². The first kappa shape index (κ1) is 18.4. The van der Waals surface area contributed by atoms with E-state index >= 15 is 0 Å². The lowest BCUT2D eigenvalue weighted by Crippen LogP contribution is -2.46. The summed E-state index contributed by atoms with van der Waals surface area (Å²) in [5, 5.41) is 2.74. The van der Waals surface area contributed by atoms with Gasteiger partial charge in [0, 0.05) is 26.2 Å². The third-order valence-corrected chi connectivity index (χ3v) is 3.63. The molecule has 1 saturated heterocycles. The average molecular weight is 330 g/mol. The Balaban J connectivity index is 0.00000242. The van der Waals surface area contributed by atoms with Crippen LogP contribution in [0.5, 0.6) is 0 Å². The SMILES string of the molecule is Cl.NCCNC(=O)C1CCCN(C(=O)c2ccccc2F)C1. The summed E-state index contributed by atoms with van der Waals surface area (Å²) in [6, 6.07) is 5.91. The Kier molecular flexibility index (Phi) is 7.27. The van der Waals surface area contributed by atoms with Crippen molar-refractivity contribution >= 4 is 24.2 Å². The second-order valence-electron chi connectivity index (χ2n) is 5.15. The molecular weight excluding hydrogens is 309 g/mol. The third kappa shape index (κ3) is 4.42. The van der Waals surface area contributed by atoms with Crippen LogP contribution in [-0.4, -0.2) is 42.9 Å². The van der Waals surface area contributed by atoms with Gasteiger partial charge in [0.15, 0.2) is 0 Å². The molecule has 0 radical (unpaired) electrons. The van der Waals surface area contributed by atoms with E-state index in [4.69, 9.17) is 5.73 Å². The Morgan fingerprint density at radius 1 is 1.36 bits per heavy atom. The number of benzene rings is 1. The van der Waals surface area contributed by atoms with E-state index in [0.29, 0.717) is 26.2 Å². The smallest absolute Gasteiger partial charge is 0.256 e. The molecule has 22 heavy (non-hydrogen) atoms. The molecular formula is C15H21ClFN3O2. The van der Waals surface area contributed by atoms with Crippen LogP contribution in [0.2, 0.25) is 0 Å². The summed E-state index contributed by atoms with van der Waals surface area (Å²) in [6.45, 7) is 1.68. The number of halogens is 2. The summed E-state index contributed by atoms with van der Waals surface area (Å²) in [4.78, 5) is 25.8. The molecule has 1 aliphatic rings. The molecule has 2 amide bonds. The summed E-state index contributed by atoms with van der Waals surface area (Å²) in [5.74, 6) is -1.23. The number of nitrogens with zero attached hydrogens (tertiary/aromatic N) is 1. The van der Waals surface area contributed by atoms with E-state index < -0.39 is 5.82 Å². The summed E-state index contributed by atoms with van der Waals surface area (Å²) in [6.07, 6.45) is 1.47. The van der Waals surface area contributed by atoms with E-state index in [1.54, 1.807) is 17.0 Å². The molecule has 122 valence electrons. The van der Waals surface area contributed by atoms with Crippen molar-refractivity contribution in [1.82, 2.24) is 10.2 Å². The van der Waals surface area contributed by atoms with Crippen molar-refractivity contribution < 1.29 is 14.0 Å². The van der Waals surface area contributed by atoms with Gasteiger partial charge < -0.3 is 16.0 Å². The van der Waals surface area contributed by atoms with Crippen LogP contribution in [0.3, 0.4) is 0 Å². The van der Waals surface area contributed by atoms with E-state index in [1.165, 1.54) is 12.1 Å². The molecule has 1 aromatic carbocycles. The number of carbonyl (C=O) groups excluding carboxylic acids is 2. The standard InChI is InChI=1S/C15H20FN3O2.ClH/c16-13-6-2-1-5-12(13)15(21)19-9-3-4-11(10-19)14(20)18-8-7-17;/h1-2,5-6,11H,3-4,7-10,17H2,(H,18,20);1H. The van der Waals surface area contributed by atoms with Gasteiger partial charge in [0.05, 0.1) is 11.5 Å². The predicted molar refractivity (Wildman–Crippen MR) is 84.3 cm³/mol. The Bertz CT molecular complexity index is 527. The van der Waals surface area contributed by atoms with Crippen molar-refractivity contribution in [2.45, 2.75) is 12.8 Å². The lowest BCUT2D eigenvalue weighted by atomic mass is 9.96. The van der Waals surface area contributed by atoms with E-state index in [9.17, 15) is 14.0 Å². The maximum absolute atomic E-state index is 13.7. The molecule has 5 nitrogen and oxygen atoms in total. The largest absolute Gasteiger partial charge is 0.355 e. The first-order valence-electron chi connectivity index (χ1n) is 7.15.